The van der Waals surface area contributed by atoms with Crippen LogP contribution in [0, 0.1) is 5.92 Å². The summed E-state index contributed by atoms with van der Waals surface area (Å²) >= 11 is 0. The van der Waals surface area contributed by atoms with E-state index in [-0.39, 0.29) is 24.2 Å². The van der Waals surface area contributed by atoms with Crippen molar-refractivity contribution in [1.82, 2.24) is 5.32 Å². The van der Waals surface area contributed by atoms with Crippen molar-refractivity contribution >= 4 is 5.91 Å². The van der Waals surface area contributed by atoms with Gasteiger partial charge in [-0.3, -0.25) is 4.79 Å². The lowest BCUT2D eigenvalue weighted by molar-refractivity contribution is -0.122. The lowest BCUT2D eigenvalue weighted by Gasteiger charge is -2.37. The molecule has 1 aliphatic rings. The Kier molecular flexibility index (Phi) is 7.14. The summed E-state index contributed by atoms with van der Waals surface area (Å²) in [5.74, 6) is 2.28. The van der Waals surface area contributed by atoms with Crippen molar-refractivity contribution in [2.24, 2.45) is 5.92 Å². The summed E-state index contributed by atoms with van der Waals surface area (Å²) < 4.78 is 22.9. The third-order valence-electron chi connectivity index (χ3n) is 4.63. The number of carbonyl (C=O) groups is 1. The average Bonchev–Trinajstić information content (AvgIpc) is 2.58. The Balaban J connectivity index is 2.36. The number of carbonyl (C=O) groups excluding carboxylic acids is 1. The SMILES string of the molecule is COc1ccc([C@@H]2C[C@H](NC(C)=O)C[C@H](CC(C)C)O2)c(OC)c1OC. The number of benzene rings is 1. The lowest BCUT2D eigenvalue weighted by Crippen LogP contribution is -2.42. The van der Waals surface area contributed by atoms with Crippen molar-refractivity contribution in [3.63, 3.8) is 0 Å². The Morgan fingerprint density at radius 2 is 1.85 bits per heavy atom. The highest BCUT2D eigenvalue weighted by atomic mass is 16.5. The van der Waals surface area contributed by atoms with Gasteiger partial charge in [-0.05, 0) is 37.3 Å². The molecule has 0 aromatic heterocycles. The third kappa shape index (κ3) is 4.81. The van der Waals surface area contributed by atoms with Crippen LogP contribution in [0.4, 0.5) is 0 Å². The summed E-state index contributed by atoms with van der Waals surface area (Å²) in [4.78, 5) is 11.6. The second-order valence-electron chi connectivity index (χ2n) is 7.17. The summed E-state index contributed by atoms with van der Waals surface area (Å²) in [6.45, 7) is 5.91. The van der Waals surface area contributed by atoms with Gasteiger partial charge in [0.05, 0.1) is 33.5 Å². The molecule has 0 spiro atoms. The zero-order valence-corrected chi connectivity index (χ0v) is 16.6. The molecule has 6 nitrogen and oxygen atoms in total. The van der Waals surface area contributed by atoms with Crippen LogP contribution in [0.2, 0.25) is 0 Å². The van der Waals surface area contributed by atoms with E-state index in [1.54, 1.807) is 28.3 Å². The molecule has 2 rings (SSSR count). The first-order valence-electron chi connectivity index (χ1n) is 9.10. The first kappa shape index (κ1) is 20.4. The van der Waals surface area contributed by atoms with E-state index in [1.165, 1.54) is 0 Å². The van der Waals surface area contributed by atoms with Gasteiger partial charge in [-0.1, -0.05) is 13.8 Å². The number of hydrogen-bond donors (Lipinski definition) is 1. The van der Waals surface area contributed by atoms with E-state index in [4.69, 9.17) is 18.9 Å². The van der Waals surface area contributed by atoms with Crippen LogP contribution in [0.5, 0.6) is 17.2 Å². The van der Waals surface area contributed by atoms with Crippen LogP contribution in [0.1, 0.15) is 51.7 Å². The van der Waals surface area contributed by atoms with E-state index in [0.717, 1.165) is 18.4 Å². The van der Waals surface area contributed by atoms with Gasteiger partial charge in [0.15, 0.2) is 11.5 Å². The highest BCUT2D eigenvalue weighted by molar-refractivity contribution is 5.73. The molecule has 146 valence electrons. The molecule has 1 aromatic carbocycles. The van der Waals surface area contributed by atoms with Gasteiger partial charge in [-0.25, -0.2) is 0 Å². The van der Waals surface area contributed by atoms with Crippen LogP contribution in [0.15, 0.2) is 12.1 Å². The number of amides is 1. The molecule has 1 saturated heterocycles. The van der Waals surface area contributed by atoms with Crippen molar-refractivity contribution in [1.29, 1.82) is 0 Å². The number of nitrogens with one attached hydrogen (secondary N) is 1. The molecule has 1 amide bonds. The Morgan fingerprint density at radius 3 is 2.38 bits per heavy atom. The van der Waals surface area contributed by atoms with E-state index >= 15 is 0 Å². The topological polar surface area (TPSA) is 66.0 Å². The van der Waals surface area contributed by atoms with Crippen LogP contribution in [0.25, 0.3) is 0 Å². The van der Waals surface area contributed by atoms with E-state index in [9.17, 15) is 4.79 Å². The number of ether oxygens (including phenoxy) is 4. The summed E-state index contributed by atoms with van der Waals surface area (Å²) in [5, 5.41) is 3.06. The van der Waals surface area contributed by atoms with Gasteiger partial charge in [0.1, 0.15) is 0 Å². The van der Waals surface area contributed by atoms with Crippen LogP contribution >= 0.6 is 0 Å². The fourth-order valence-corrected chi connectivity index (χ4v) is 3.68. The van der Waals surface area contributed by atoms with Gasteiger partial charge in [0, 0.05) is 18.5 Å². The summed E-state index contributed by atoms with van der Waals surface area (Å²) in [5.41, 5.74) is 0.911. The smallest absolute Gasteiger partial charge is 0.217 e. The minimum Gasteiger partial charge on any atom is -0.493 e. The summed E-state index contributed by atoms with van der Waals surface area (Å²) in [6, 6.07) is 3.89. The maximum atomic E-state index is 11.6. The normalized spacial score (nSPS) is 22.8. The molecule has 0 aliphatic carbocycles. The van der Waals surface area contributed by atoms with Crippen LogP contribution in [-0.4, -0.2) is 39.4 Å². The minimum absolute atomic E-state index is 0.0155. The van der Waals surface area contributed by atoms with E-state index in [0.29, 0.717) is 29.6 Å². The molecule has 0 radical (unpaired) electrons. The van der Waals surface area contributed by atoms with Crippen molar-refractivity contribution < 1.29 is 23.7 Å². The molecule has 1 fully saturated rings. The third-order valence-corrected chi connectivity index (χ3v) is 4.63. The van der Waals surface area contributed by atoms with Gasteiger partial charge in [-0.2, -0.15) is 0 Å². The molecule has 6 heteroatoms. The van der Waals surface area contributed by atoms with Gasteiger partial charge in [0.2, 0.25) is 11.7 Å². The summed E-state index contributed by atoms with van der Waals surface area (Å²) in [6.07, 6.45) is 2.37. The van der Waals surface area contributed by atoms with Gasteiger partial charge in [-0.15, -0.1) is 0 Å². The number of methoxy groups -OCH3 is 3. The highest BCUT2D eigenvalue weighted by Crippen LogP contribution is 2.45. The van der Waals surface area contributed by atoms with Crippen LogP contribution in [0.3, 0.4) is 0 Å². The largest absolute Gasteiger partial charge is 0.493 e. The van der Waals surface area contributed by atoms with E-state index < -0.39 is 0 Å². The molecular formula is C20H31NO5. The molecule has 1 N–H and O–H groups in total. The first-order chi connectivity index (χ1) is 12.4. The maximum Gasteiger partial charge on any atom is 0.217 e. The molecule has 1 aromatic rings. The van der Waals surface area contributed by atoms with Crippen molar-refractivity contribution in [2.75, 3.05) is 21.3 Å². The van der Waals surface area contributed by atoms with Gasteiger partial charge < -0.3 is 24.3 Å². The van der Waals surface area contributed by atoms with Gasteiger partial charge >= 0.3 is 0 Å². The number of rotatable bonds is 7. The molecule has 0 bridgehead atoms. The Bertz CT molecular complexity index is 616. The molecule has 3 atom stereocenters. The lowest BCUT2D eigenvalue weighted by atomic mass is 9.90. The van der Waals surface area contributed by atoms with Crippen molar-refractivity contribution in [2.45, 2.75) is 58.3 Å². The average molecular weight is 365 g/mol. The second kappa shape index (κ2) is 9.12. The standard InChI is InChI=1S/C20H31NO5/c1-12(2)9-15-10-14(21-13(3)22)11-18(26-15)16-7-8-17(23-4)20(25-6)19(16)24-5/h7-8,12,14-15,18H,9-11H2,1-6H3,(H,21,22)/t14-,15+,18+/m1/s1. The Morgan fingerprint density at radius 1 is 1.15 bits per heavy atom. The highest BCUT2D eigenvalue weighted by Gasteiger charge is 2.34. The zero-order chi connectivity index (χ0) is 19.3. The predicted octanol–water partition coefficient (Wildman–Crippen LogP) is 3.48. The van der Waals surface area contributed by atoms with E-state index in [1.807, 2.05) is 12.1 Å². The summed E-state index contributed by atoms with van der Waals surface area (Å²) in [7, 11) is 4.80. The zero-order valence-electron chi connectivity index (χ0n) is 16.6. The minimum atomic E-state index is -0.181. The van der Waals surface area contributed by atoms with E-state index in [2.05, 4.69) is 19.2 Å². The van der Waals surface area contributed by atoms with Crippen LogP contribution in [-0.2, 0) is 9.53 Å². The molecule has 26 heavy (non-hydrogen) atoms. The molecule has 0 saturated carbocycles. The Hall–Kier alpha value is -1.95. The predicted molar refractivity (Wildman–Crippen MR) is 100 cm³/mol. The first-order valence-corrected chi connectivity index (χ1v) is 9.10. The quantitative estimate of drug-likeness (QED) is 0.801. The molecule has 0 unspecified atom stereocenters. The fourth-order valence-electron chi connectivity index (χ4n) is 3.68. The van der Waals surface area contributed by atoms with Crippen molar-refractivity contribution in [3.05, 3.63) is 17.7 Å². The van der Waals surface area contributed by atoms with Crippen molar-refractivity contribution in [3.8, 4) is 17.2 Å². The monoisotopic (exact) mass is 365 g/mol. The fraction of sp³-hybridized carbons (Fsp3) is 0.650. The molecule has 1 heterocycles. The van der Waals surface area contributed by atoms with Crippen LogP contribution < -0.4 is 19.5 Å². The second-order valence-corrected chi connectivity index (χ2v) is 7.17. The number of hydrogen-bond acceptors (Lipinski definition) is 5. The molecule has 1 aliphatic heterocycles. The Labute approximate surface area is 156 Å². The molecular weight excluding hydrogens is 334 g/mol. The van der Waals surface area contributed by atoms with Gasteiger partial charge in [0.25, 0.3) is 0 Å². The maximum absolute atomic E-state index is 11.6.